The van der Waals surface area contributed by atoms with Crippen molar-refractivity contribution in [3.63, 3.8) is 0 Å². The summed E-state index contributed by atoms with van der Waals surface area (Å²) in [7, 11) is 1.74. The summed E-state index contributed by atoms with van der Waals surface area (Å²) in [4.78, 5) is 0. The normalized spacial score (nSPS) is 12.8. The second-order valence-electron chi connectivity index (χ2n) is 2.70. The highest BCUT2D eigenvalue weighted by Gasteiger charge is 2.13. The second kappa shape index (κ2) is 4.60. The van der Waals surface area contributed by atoms with Gasteiger partial charge in [0, 0.05) is 5.56 Å². The fourth-order valence-corrected chi connectivity index (χ4v) is 1.54. The van der Waals surface area contributed by atoms with Gasteiger partial charge in [-0.3, -0.25) is 0 Å². The van der Waals surface area contributed by atoms with Gasteiger partial charge in [-0.1, -0.05) is 12.1 Å². The van der Waals surface area contributed by atoms with Gasteiger partial charge in [-0.25, -0.2) is 0 Å². The van der Waals surface area contributed by atoms with Crippen LogP contribution in [0.15, 0.2) is 22.7 Å². The predicted molar refractivity (Wildman–Crippen MR) is 54.7 cm³/mol. The first-order chi connectivity index (χ1) is 6.20. The van der Waals surface area contributed by atoms with Crippen LogP contribution in [0.2, 0.25) is 0 Å². The van der Waals surface area contributed by atoms with E-state index in [1.807, 2.05) is 6.07 Å². The lowest BCUT2D eigenvalue weighted by Gasteiger charge is -2.15. The van der Waals surface area contributed by atoms with Crippen molar-refractivity contribution < 1.29 is 10.2 Å². The summed E-state index contributed by atoms with van der Waals surface area (Å²) < 4.78 is 0.638. The number of para-hydroxylation sites is 1. The minimum atomic E-state index is -0.225. The molecule has 1 aromatic carbocycles. The standard InChI is InChI=1S/C9H12BrNO2/c1-11-8(5-12)6-3-2-4-7(10)9(6)13/h2-4,8,11-13H,5H2,1H3/t8-/m1/s1. The summed E-state index contributed by atoms with van der Waals surface area (Å²) in [5, 5.41) is 21.5. The van der Waals surface area contributed by atoms with Crippen LogP contribution in [0.5, 0.6) is 5.75 Å². The summed E-state index contributed by atoms with van der Waals surface area (Å²) in [5.41, 5.74) is 0.694. The monoisotopic (exact) mass is 245 g/mol. The number of rotatable bonds is 3. The van der Waals surface area contributed by atoms with Crippen molar-refractivity contribution in [2.24, 2.45) is 0 Å². The molecule has 4 heteroatoms. The molecule has 72 valence electrons. The molecular weight excluding hydrogens is 234 g/mol. The molecule has 0 heterocycles. The quantitative estimate of drug-likeness (QED) is 0.755. The molecular formula is C9H12BrNO2. The number of halogens is 1. The fraction of sp³-hybridized carbons (Fsp3) is 0.333. The van der Waals surface area contributed by atoms with Gasteiger partial charge >= 0.3 is 0 Å². The number of phenolic OH excluding ortho intramolecular Hbond substituents is 1. The third-order valence-electron chi connectivity index (χ3n) is 1.92. The Morgan fingerprint density at radius 1 is 1.54 bits per heavy atom. The zero-order valence-electron chi connectivity index (χ0n) is 7.29. The maximum Gasteiger partial charge on any atom is 0.134 e. The highest BCUT2D eigenvalue weighted by atomic mass is 79.9. The van der Waals surface area contributed by atoms with E-state index in [2.05, 4.69) is 21.2 Å². The van der Waals surface area contributed by atoms with Crippen LogP contribution >= 0.6 is 15.9 Å². The van der Waals surface area contributed by atoms with Crippen LogP contribution in [-0.2, 0) is 0 Å². The first-order valence-electron chi connectivity index (χ1n) is 3.96. The molecule has 0 saturated carbocycles. The van der Waals surface area contributed by atoms with E-state index >= 15 is 0 Å². The molecule has 0 saturated heterocycles. The Morgan fingerprint density at radius 3 is 2.77 bits per heavy atom. The first-order valence-corrected chi connectivity index (χ1v) is 4.75. The Morgan fingerprint density at radius 2 is 2.23 bits per heavy atom. The number of aliphatic hydroxyl groups excluding tert-OH is 1. The van der Waals surface area contributed by atoms with Crippen molar-refractivity contribution >= 4 is 15.9 Å². The zero-order valence-corrected chi connectivity index (χ0v) is 8.87. The minimum Gasteiger partial charge on any atom is -0.506 e. The SMILES string of the molecule is CN[C@H](CO)c1cccc(Br)c1O. The van der Waals surface area contributed by atoms with Gasteiger partial charge in [0.15, 0.2) is 0 Å². The zero-order chi connectivity index (χ0) is 9.84. The van der Waals surface area contributed by atoms with Crippen LogP contribution in [0.1, 0.15) is 11.6 Å². The van der Waals surface area contributed by atoms with Crippen LogP contribution in [0.4, 0.5) is 0 Å². The fourth-order valence-electron chi connectivity index (χ4n) is 1.16. The third-order valence-corrected chi connectivity index (χ3v) is 2.56. The largest absolute Gasteiger partial charge is 0.506 e. The summed E-state index contributed by atoms with van der Waals surface area (Å²) in [5.74, 6) is 0.177. The van der Waals surface area contributed by atoms with Crippen molar-refractivity contribution in [1.29, 1.82) is 0 Å². The Balaban J connectivity index is 3.05. The number of hydrogen-bond donors (Lipinski definition) is 3. The van der Waals surface area contributed by atoms with Crippen LogP contribution in [-0.4, -0.2) is 23.9 Å². The molecule has 0 bridgehead atoms. The number of hydrogen-bond acceptors (Lipinski definition) is 3. The van der Waals surface area contributed by atoms with Crippen molar-refractivity contribution in [2.45, 2.75) is 6.04 Å². The van der Waals surface area contributed by atoms with Crippen LogP contribution < -0.4 is 5.32 Å². The molecule has 0 aliphatic heterocycles. The van der Waals surface area contributed by atoms with E-state index in [0.717, 1.165) is 0 Å². The van der Waals surface area contributed by atoms with E-state index in [9.17, 15) is 5.11 Å². The molecule has 0 amide bonds. The number of benzene rings is 1. The van der Waals surface area contributed by atoms with Gasteiger partial charge in [0.05, 0.1) is 17.1 Å². The van der Waals surface area contributed by atoms with Crippen molar-refractivity contribution in [3.8, 4) is 5.75 Å². The first kappa shape index (κ1) is 10.5. The molecule has 0 radical (unpaired) electrons. The number of phenols is 1. The summed E-state index contributed by atoms with van der Waals surface area (Å²) >= 11 is 3.21. The molecule has 1 rings (SSSR count). The molecule has 0 spiro atoms. The van der Waals surface area contributed by atoms with Gasteiger partial charge in [0.2, 0.25) is 0 Å². The van der Waals surface area contributed by atoms with E-state index in [-0.39, 0.29) is 18.4 Å². The van der Waals surface area contributed by atoms with Crippen LogP contribution in [0, 0.1) is 0 Å². The summed E-state index contributed by atoms with van der Waals surface area (Å²) in [6, 6.07) is 5.12. The maximum atomic E-state index is 9.63. The molecule has 0 aliphatic rings. The highest BCUT2D eigenvalue weighted by molar-refractivity contribution is 9.10. The van der Waals surface area contributed by atoms with E-state index in [1.165, 1.54) is 0 Å². The number of likely N-dealkylation sites (N-methyl/N-ethyl adjacent to an activating group) is 1. The number of aliphatic hydroxyl groups is 1. The van der Waals surface area contributed by atoms with Gasteiger partial charge in [0.25, 0.3) is 0 Å². The van der Waals surface area contributed by atoms with Crippen molar-refractivity contribution in [2.75, 3.05) is 13.7 Å². The topological polar surface area (TPSA) is 52.5 Å². The molecule has 1 atom stereocenters. The lowest BCUT2D eigenvalue weighted by atomic mass is 10.1. The van der Waals surface area contributed by atoms with E-state index in [0.29, 0.717) is 10.0 Å². The molecule has 1 aromatic rings. The van der Waals surface area contributed by atoms with Gasteiger partial charge in [-0.05, 0) is 29.0 Å². The third kappa shape index (κ3) is 2.21. The summed E-state index contributed by atoms with van der Waals surface area (Å²) in [6.07, 6.45) is 0. The molecule has 13 heavy (non-hydrogen) atoms. The Kier molecular flexibility index (Phi) is 3.71. The maximum absolute atomic E-state index is 9.63. The van der Waals surface area contributed by atoms with Gasteiger partial charge in [0.1, 0.15) is 5.75 Å². The average molecular weight is 246 g/mol. The average Bonchev–Trinajstić information content (AvgIpc) is 2.14. The highest BCUT2D eigenvalue weighted by Crippen LogP contribution is 2.31. The minimum absolute atomic E-state index is 0.0412. The molecule has 3 nitrogen and oxygen atoms in total. The Bertz CT molecular complexity index is 287. The number of aromatic hydroxyl groups is 1. The van der Waals surface area contributed by atoms with Crippen LogP contribution in [0.3, 0.4) is 0 Å². The summed E-state index contributed by atoms with van der Waals surface area (Å²) in [6.45, 7) is -0.0412. The smallest absolute Gasteiger partial charge is 0.134 e. The van der Waals surface area contributed by atoms with Crippen molar-refractivity contribution in [3.05, 3.63) is 28.2 Å². The Hall–Kier alpha value is -0.580. The lowest BCUT2D eigenvalue weighted by Crippen LogP contribution is -2.19. The lowest BCUT2D eigenvalue weighted by molar-refractivity contribution is 0.248. The van der Waals surface area contributed by atoms with Crippen molar-refractivity contribution in [1.82, 2.24) is 5.32 Å². The molecule has 0 aromatic heterocycles. The number of nitrogens with one attached hydrogen (secondary N) is 1. The predicted octanol–water partition coefficient (Wildman–Crippen LogP) is 1.41. The van der Waals surface area contributed by atoms with Gasteiger partial charge < -0.3 is 15.5 Å². The van der Waals surface area contributed by atoms with E-state index in [1.54, 1.807) is 19.2 Å². The van der Waals surface area contributed by atoms with E-state index < -0.39 is 0 Å². The molecule has 0 fully saturated rings. The van der Waals surface area contributed by atoms with E-state index in [4.69, 9.17) is 5.11 Å². The molecule has 3 N–H and O–H groups in total. The second-order valence-corrected chi connectivity index (χ2v) is 3.56. The molecule has 0 aliphatic carbocycles. The van der Waals surface area contributed by atoms with Crippen LogP contribution in [0.25, 0.3) is 0 Å². The van der Waals surface area contributed by atoms with Gasteiger partial charge in [-0.15, -0.1) is 0 Å². The Labute approximate surface area is 85.5 Å². The van der Waals surface area contributed by atoms with Gasteiger partial charge in [-0.2, -0.15) is 0 Å². The molecule has 0 unspecified atom stereocenters.